The van der Waals surface area contributed by atoms with Gasteiger partial charge in [-0.3, -0.25) is 10.1 Å². The molecule has 0 heterocycles. The van der Waals surface area contributed by atoms with Gasteiger partial charge >= 0.3 is 0 Å². The summed E-state index contributed by atoms with van der Waals surface area (Å²) in [6.45, 7) is 0. The fraction of sp³-hybridized carbons (Fsp3) is 0.222. The topological polar surface area (TPSA) is 76.2 Å². The van der Waals surface area contributed by atoms with Gasteiger partial charge in [0.2, 0.25) is 0 Å². The third-order valence-electron chi connectivity index (χ3n) is 1.82. The summed E-state index contributed by atoms with van der Waals surface area (Å²) >= 11 is 3.07. The lowest BCUT2D eigenvalue weighted by atomic mass is 10.1. The van der Waals surface area contributed by atoms with E-state index in [-0.39, 0.29) is 12.1 Å². The van der Waals surface area contributed by atoms with E-state index >= 15 is 0 Å². The van der Waals surface area contributed by atoms with Crippen LogP contribution in [0.25, 0.3) is 0 Å². The maximum Gasteiger partial charge on any atom is 0.284 e. The van der Waals surface area contributed by atoms with Crippen LogP contribution in [0.1, 0.15) is 5.56 Å². The number of nitro groups is 1. The number of halogens is 1. The lowest BCUT2D eigenvalue weighted by Gasteiger charge is -2.06. The van der Waals surface area contributed by atoms with Crippen molar-refractivity contribution in [1.82, 2.24) is 0 Å². The minimum Gasteiger partial charge on any atom is -0.496 e. The summed E-state index contributed by atoms with van der Waals surface area (Å²) in [4.78, 5) is 10.1. The van der Waals surface area contributed by atoms with E-state index in [1.165, 1.54) is 19.2 Å². The van der Waals surface area contributed by atoms with Crippen molar-refractivity contribution >= 4 is 21.6 Å². The first-order valence-corrected chi connectivity index (χ1v) is 4.77. The summed E-state index contributed by atoms with van der Waals surface area (Å²) in [6.07, 6.45) is 0.0806. The van der Waals surface area contributed by atoms with E-state index in [1.54, 1.807) is 0 Å². The van der Waals surface area contributed by atoms with Crippen molar-refractivity contribution in [3.63, 3.8) is 0 Å². The number of nitrogens with zero attached hydrogens (tertiary/aromatic N) is 2. The van der Waals surface area contributed by atoms with Crippen LogP contribution < -0.4 is 4.74 Å². The molecule has 0 aliphatic rings. The lowest BCUT2D eigenvalue weighted by molar-refractivity contribution is -0.385. The van der Waals surface area contributed by atoms with Crippen molar-refractivity contribution in [1.29, 1.82) is 5.26 Å². The molecule has 0 aromatic heterocycles. The predicted octanol–water partition coefficient (Wildman–Crippen LogP) is 2.43. The molecule has 0 aliphatic carbocycles. The maximum absolute atomic E-state index is 10.6. The number of rotatable bonds is 3. The molecule has 6 heteroatoms. The molecule has 0 radical (unpaired) electrons. The summed E-state index contributed by atoms with van der Waals surface area (Å²) < 4.78 is 5.35. The van der Waals surface area contributed by atoms with Crippen molar-refractivity contribution in [2.24, 2.45) is 0 Å². The Morgan fingerprint density at radius 1 is 1.67 bits per heavy atom. The van der Waals surface area contributed by atoms with Crippen molar-refractivity contribution in [2.75, 3.05) is 7.11 Å². The maximum atomic E-state index is 10.6. The molecule has 1 aromatic rings. The first kappa shape index (κ1) is 11.5. The average Bonchev–Trinajstić information content (AvgIpc) is 2.20. The zero-order valence-electron chi connectivity index (χ0n) is 7.86. The van der Waals surface area contributed by atoms with Gasteiger partial charge in [0.25, 0.3) is 5.69 Å². The molecule has 0 saturated carbocycles. The van der Waals surface area contributed by atoms with Crippen molar-refractivity contribution in [3.05, 3.63) is 32.3 Å². The Morgan fingerprint density at radius 3 is 2.80 bits per heavy atom. The van der Waals surface area contributed by atoms with E-state index in [4.69, 9.17) is 10.00 Å². The lowest BCUT2D eigenvalue weighted by Crippen LogP contribution is -1.96. The minimum atomic E-state index is -0.510. The molecule has 0 bridgehead atoms. The van der Waals surface area contributed by atoms with Gasteiger partial charge in [-0.15, -0.1) is 0 Å². The van der Waals surface area contributed by atoms with Crippen molar-refractivity contribution in [3.8, 4) is 11.8 Å². The number of ether oxygens (including phenoxy) is 1. The molecule has 0 amide bonds. The van der Waals surface area contributed by atoms with Gasteiger partial charge in [-0.2, -0.15) is 5.26 Å². The van der Waals surface area contributed by atoms with Gasteiger partial charge < -0.3 is 4.74 Å². The van der Waals surface area contributed by atoms with Gasteiger partial charge in [0.05, 0.1) is 29.0 Å². The number of hydrogen-bond donors (Lipinski definition) is 0. The van der Waals surface area contributed by atoms with Crippen LogP contribution in [-0.4, -0.2) is 12.0 Å². The fourth-order valence-electron chi connectivity index (χ4n) is 1.14. The Kier molecular flexibility index (Phi) is 3.63. The molecule has 0 N–H and O–H groups in total. The minimum absolute atomic E-state index is 0.0685. The van der Waals surface area contributed by atoms with Crippen LogP contribution in [0.4, 0.5) is 5.69 Å². The summed E-state index contributed by atoms with van der Waals surface area (Å²) in [6, 6.07) is 4.76. The molecule has 0 unspecified atom stereocenters. The van der Waals surface area contributed by atoms with Crippen LogP contribution in [-0.2, 0) is 6.42 Å². The number of nitriles is 1. The van der Waals surface area contributed by atoms with Gasteiger partial charge in [0.1, 0.15) is 5.75 Å². The highest BCUT2D eigenvalue weighted by Gasteiger charge is 2.16. The molecular weight excluding hydrogens is 264 g/mol. The first-order valence-electron chi connectivity index (χ1n) is 3.98. The smallest absolute Gasteiger partial charge is 0.284 e. The predicted molar refractivity (Wildman–Crippen MR) is 56.7 cm³/mol. The zero-order chi connectivity index (χ0) is 11.4. The molecule has 78 valence electrons. The van der Waals surface area contributed by atoms with E-state index in [2.05, 4.69) is 15.9 Å². The Labute approximate surface area is 94.6 Å². The monoisotopic (exact) mass is 270 g/mol. The molecular formula is C9H7BrN2O3. The number of benzene rings is 1. The Balaban J connectivity index is 3.31. The highest BCUT2D eigenvalue weighted by Crippen LogP contribution is 2.32. The van der Waals surface area contributed by atoms with Crippen LogP contribution in [0.3, 0.4) is 0 Å². The van der Waals surface area contributed by atoms with Crippen molar-refractivity contribution in [2.45, 2.75) is 6.42 Å². The average molecular weight is 271 g/mol. The van der Waals surface area contributed by atoms with Gasteiger partial charge in [0, 0.05) is 17.7 Å². The second kappa shape index (κ2) is 4.75. The molecule has 0 aliphatic heterocycles. The Bertz CT molecular complexity index is 440. The number of hydrogen-bond acceptors (Lipinski definition) is 4. The SMILES string of the molecule is COc1cc(Br)c([N+](=O)[O-])cc1CC#N. The van der Waals surface area contributed by atoms with Gasteiger partial charge in [-0.1, -0.05) is 0 Å². The highest BCUT2D eigenvalue weighted by molar-refractivity contribution is 9.10. The molecule has 15 heavy (non-hydrogen) atoms. The first-order chi connectivity index (χ1) is 7.10. The van der Waals surface area contributed by atoms with Gasteiger partial charge in [-0.05, 0) is 15.9 Å². The van der Waals surface area contributed by atoms with Crippen LogP contribution in [0.2, 0.25) is 0 Å². The summed E-state index contributed by atoms with van der Waals surface area (Å²) in [5.41, 5.74) is 0.441. The molecule has 0 atom stereocenters. The largest absolute Gasteiger partial charge is 0.496 e. The number of nitro benzene ring substituents is 1. The molecule has 0 spiro atoms. The molecule has 0 fully saturated rings. The van der Waals surface area contributed by atoms with Gasteiger partial charge in [-0.25, -0.2) is 0 Å². The standard InChI is InChI=1S/C9H7BrN2O3/c1-15-9-5-7(10)8(12(13)14)4-6(9)2-3-11/h4-5H,2H2,1H3. The highest BCUT2D eigenvalue weighted by atomic mass is 79.9. The fourth-order valence-corrected chi connectivity index (χ4v) is 1.61. The van der Waals surface area contributed by atoms with E-state index in [0.717, 1.165) is 0 Å². The summed E-state index contributed by atoms with van der Waals surface area (Å²) in [7, 11) is 1.45. The third-order valence-corrected chi connectivity index (χ3v) is 2.45. The van der Waals surface area contributed by atoms with Crippen LogP contribution >= 0.6 is 15.9 Å². The van der Waals surface area contributed by atoms with Crippen molar-refractivity contribution < 1.29 is 9.66 Å². The summed E-state index contributed by atoms with van der Waals surface area (Å²) in [5.74, 6) is 0.467. The molecule has 1 rings (SSSR count). The normalized spacial score (nSPS) is 9.40. The van der Waals surface area contributed by atoms with E-state index in [1.807, 2.05) is 6.07 Å². The second-order valence-corrected chi connectivity index (χ2v) is 3.56. The third kappa shape index (κ3) is 2.44. The zero-order valence-corrected chi connectivity index (χ0v) is 9.44. The Hall–Kier alpha value is -1.61. The Morgan fingerprint density at radius 2 is 2.33 bits per heavy atom. The molecule has 0 saturated heterocycles. The van der Waals surface area contributed by atoms with Crippen LogP contribution in [0.5, 0.6) is 5.75 Å². The van der Waals surface area contributed by atoms with E-state index in [0.29, 0.717) is 15.8 Å². The summed E-state index contributed by atoms with van der Waals surface area (Å²) in [5, 5.41) is 19.2. The van der Waals surface area contributed by atoms with Gasteiger partial charge in [0.15, 0.2) is 0 Å². The second-order valence-electron chi connectivity index (χ2n) is 2.71. The molecule has 5 nitrogen and oxygen atoms in total. The quantitative estimate of drug-likeness (QED) is 0.624. The van der Waals surface area contributed by atoms with Crippen LogP contribution in [0, 0.1) is 21.4 Å². The number of methoxy groups -OCH3 is 1. The molecule has 1 aromatic carbocycles. The van der Waals surface area contributed by atoms with Crippen LogP contribution in [0.15, 0.2) is 16.6 Å². The van der Waals surface area contributed by atoms with E-state index < -0.39 is 4.92 Å². The van der Waals surface area contributed by atoms with E-state index in [9.17, 15) is 10.1 Å².